The summed E-state index contributed by atoms with van der Waals surface area (Å²) in [5.41, 5.74) is 6.47. The number of carbonyl (C=O) groups is 1. The normalized spacial score (nSPS) is 12.1. The summed E-state index contributed by atoms with van der Waals surface area (Å²) in [5, 5.41) is 9.59. The number of thiophene rings is 1. The van der Waals surface area contributed by atoms with E-state index in [0.29, 0.717) is 17.1 Å². The molecule has 1 amide bonds. The van der Waals surface area contributed by atoms with Gasteiger partial charge in [0.15, 0.2) is 0 Å². The van der Waals surface area contributed by atoms with E-state index >= 15 is 0 Å². The van der Waals surface area contributed by atoms with Crippen molar-refractivity contribution in [3.05, 3.63) is 23.2 Å². The number of hydrogen-bond acceptors (Lipinski definition) is 5. The maximum atomic E-state index is 12.3. The lowest BCUT2D eigenvalue weighted by Gasteiger charge is -2.17. The summed E-state index contributed by atoms with van der Waals surface area (Å²) in [6, 6.07) is 5.75. The predicted molar refractivity (Wildman–Crippen MR) is 75.8 cm³/mol. The maximum absolute atomic E-state index is 12.3. The fourth-order valence-electron chi connectivity index (χ4n) is 1.82. The third kappa shape index (κ3) is 2.51. The largest absolute Gasteiger partial charge is 0.397 e. The maximum Gasteiger partial charge on any atom is 0.265 e. The van der Waals surface area contributed by atoms with Gasteiger partial charge in [0.1, 0.15) is 9.71 Å². The van der Waals surface area contributed by atoms with Gasteiger partial charge in [0, 0.05) is 25.2 Å². The number of aromatic nitrogens is 1. The zero-order valence-corrected chi connectivity index (χ0v) is 11.6. The van der Waals surface area contributed by atoms with E-state index in [2.05, 4.69) is 11.1 Å². The van der Waals surface area contributed by atoms with Gasteiger partial charge < -0.3 is 10.6 Å². The molecule has 0 bridgehead atoms. The highest BCUT2D eigenvalue weighted by Gasteiger charge is 2.21. The number of fused-ring (bicyclic) bond motifs is 1. The van der Waals surface area contributed by atoms with Gasteiger partial charge in [-0.25, -0.2) is 4.98 Å². The van der Waals surface area contributed by atoms with Crippen molar-refractivity contribution in [2.45, 2.75) is 6.92 Å². The molecule has 2 rings (SSSR count). The van der Waals surface area contributed by atoms with Crippen LogP contribution < -0.4 is 5.73 Å². The van der Waals surface area contributed by atoms with Gasteiger partial charge in [0.25, 0.3) is 5.91 Å². The minimum absolute atomic E-state index is 0.164. The standard InChI is InChI=1S/C13H14N4OS/c1-8(6-14)7-17(2)13(18)11-10(15)9-4-3-5-16-12(9)19-11/h3-5,8H,7,15H2,1-2H3. The number of nitrogens with two attached hydrogens (primary N) is 1. The summed E-state index contributed by atoms with van der Waals surface area (Å²) in [5.74, 6) is -0.370. The molecule has 0 fully saturated rings. The van der Waals surface area contributed by atoms with Crippen molar-refractivity contribution in [3.63, 3.8) is 0 Å². The molecule has 0 aliphatic rings. The Balaban J connectivity index is 2.32. The Bertz CT molecular complexity index is 658. The number of carbonyl (C=O) groups excluding carboxylic acids is 1. The second-order valence-electron chi connectivity index (χ2n) is 4.42. The Morgan fingerprint density at radius 2 is 2.42 bits per heavy atom. The molecule has 2 N–H and O–H groups in total. The first-order valence-corrected chi connectivity index (χ1v) is 6.64. The highest BCUT2D eigenvalue weighted by Crippen LogP contribution is 2.32. The van der Waals surface area contributed by atoms with Crippen LogP contribution in [0.25, 0.3) is 10.2 Å². The lowest BCUT2D eigenvalue weighted by Crippen LogP contribution is -2.30. The van der Waals surface area contributed by atoms with Crippen molar-refractivity contribution in [1.29, 1.82) is 5.26 Å². The van der Waals surface area contributed by atoms with Crippen LogP contribution in [0.1, 0.15) is 16.6 Å². The Morgan fingerprint density at radius 3 is 3.05 bits per heavy atom. The van der Waals surface area contributed by atoms with Crippen LogP contribution in [0.3, 0.4) is 0 Å². The molecule has 98 valence electrons. The Labute approximate surface area is 115 Å². The molecular weight excluding hydrogens is 260 g/mol. The molecular formula is C13H14N4OS. The molecule has 2 aromatic heterocycles. The van der Waals surface area contributed by atoms with Gasteiger partial charge in [0.05, 0.1) is 17.7 Å². The Morgan fingerprint density at radius 1 is 1.68 bits per heavy atom. The second kappa shape index (κ2) is 5.24. The third-order valence-electron chi connectivity index (χ3n) is 2.81. The van der Waals surface area contributed by atoms with Crippen LogP contribution in [0.2, 0.25) is 0 Å². The van der Waals surface area contributed by atoms with Gasteiger partial charge in [-0.2, -0.15) is 5.26 Å². The molecule has 0 saturated carbocycles. The van der Waals surface area contributed by atoms with Crippen molar-refractivity contribution in [3.8, 4) is 6.07 Å². The first-order chi connectivity index (χ1) is 9.04. The molecule has 0 spiro atoms. The van der Waals surface area contributed by atoms with E-state index in [4.69, 9.17) is 11.0 Å². The van der Waals surface area contributed by atoms with Crippen LogP contribution in [-0.2, 0) is 0 Å². The summed E-state index contributed by atoms with van der Waals surface area (Å²) in [6.45, 7) is 2.16. The zero-order chi connectivity index (χ0) is 14.0. The highest BCUT2D eigenvalue weighted by atomic mass is 32.1. The molecule has 1 atom stereocenters. The molecule has 5 nitrogen and oxygen atoms in total. The van der Waals surface area contributed by atoms with Crippen molar-refractivity contribution in [2.75, 3.05) is 19.3 Å². The molecule has 0 aliphatic carbocycles. The van der Waals surface area contributed by atoms with E-state index in [-0.39, 0.29) is 11.8 Å². The monoisotopic (exact) mass is 274 g/mol. The van der Waals surface area contributed by atoms with Gasteiger partial charge in [-0.15, -0.1) is 11.3 Å². The summed E-state index contributed by atoms with van der Waals surface area (Å²) >= 11 is 1.28. The lowest BCUT2D eigenvalue weighted by molar-refractivity contribution is 0.0791. The summed E-state index contributed by atoms with van der Waals surface area (Å²) in [7, 11) is 1.67. The molecule has 0 aromatic carbocycles. The van der Waals surface area contributed by atoms with Gasteiger partial charge in [0.2, 0.25) is 0 Å². The lowest BCUT2D eigenvalue weighted by atomic mass is 10.2. The number of nitriles is 1. The molecule has 6 heteroatoms. The topological polar surface area (TPSA) is 83.0 Å². The van der Waals surface area contributed by atoms with Crippen LogP contribution in [-0.4, -0.2) is 29.4 Å². The van der Waals surface area contributed by atoms with Crippen molar-refractivity contribution in [1.82, 2.24) is 9.88 Å². The van der Waals surface area contributed by atoms with Crippen LogP contribution >= 0.6 is 11.3 Å². The van der Waals surface area contributed by atoms with E-state index in [1.807, 2.05) is 6.07 Å². The average Bonchev–Trinajstić information content (AvgIpc) is 2.75. The van der Waals surface area contributed by atoms with Gasteiger partial charge in [-0.05, 0) is 19.1 Å². The second-order valence-corrected chi connectivity index (χ2v) is 5.42. The molecule has 2 aromatic rings. The third-order valence-corrected chi connectivity index (χ3v) is 3.93. The number of rotatable bonds is 3. The molecule has 1 unspecified atom stereocenters. The van der Waals surface area contributed by atoms with Gasteiger partial charge >= 0.3 is 0 Å². The van der Waals surface area contributed by atoms with Crippen LogP contribution in [0.5, 0.6) is 0 Å². The molecule has 19 heavy (non-hydrogen) atoms. The number of anilines is 1. The predicted octanol–water partition coefficient (Wildman–Crippen LogP) is 2.11. The highest BCUT2D eigenvalue weighted by molar-refractivity contribution is 7.21. The summed E-state index contributed by atoms with van der Waals surface area (Å²) < 4.78 is 0. The number of hydrogen-bond donors (Lipinski definition) is 1. The van der Waals surface area contributed by atoms with E-state index in [1.165, 1.54) is 16.2 Å². The van der Waals surface area contributed by atoms with Crippen molar-refractivity contribution >= 4 is 33.1 Å². The van der Waals surface area contributed by atoms with Crippen LogP contribution in [0.4, 0.5) is 5.69 Å². The zero-order valence-electron chi connectivity index (χ0n) is 10.8. The van der Waals surface area contributed by atoms with Crippen molar-refractivity contribution in [2.24, 2.45) is 5.92 Å². The van der Waals surface area contributed by atoms with E-state index in [1.54, 1.807) is 26.2 Å². The average molecular weight is 274 g/mol. The number of pyridine rings is 1. The first-order valence-electron chi connectivity index (χ1n) is 5.82. The minimum atomic E-state index is -0.206. The van der Waals surface area contributed by atoms with E-state index in [0.717, 1.165) is 10.2 Å². The fourth-order valence-corrected chi connectivity index (χ4v) is 2.88. The summed E-state index contributed by atoms with van der Waals surface area (Å²) in [4.78, 5) is 19.3. The number of nitrogens with zero attached hydrogens (tertiary/aromatic N) is 3. The molecule has 2 heterocycles. The number of nitrogen functional groups attached to an aromatic ring is 1. The summed E-state index contributed by atoms with van der Waals surface area (Å²) in [6.07, 6.45) is 1.67. The Hall–Kier alpha value is -2.13. The van der Waals surface area contributed by atoms with Gasteiger partial charge in [-0.1, -0.05) is 0 Å². The smallest absolute Gasteiger partial charge is 0.265 e. The molecule has 0 saturated heterocycles. The van der Waals surface area contributed by atoms with Gasteiger partial charge in [-0.3, -0.25) is 4.79 Å². The van der Waals surface area contributed by atoms with E-state index < -0.39 is 0 Å². The number of amides is 1. The van der Waals surface area contributed by atoms with Crippen LogP contribution in [0, 0.1) is 17.2 Å². The first kappa shape index (κ1) is 13.3. The van der Waals surface area contributed by atoms with Crippen molar-refractivity contribution < 1.29 is 4.79 Å². The minimum Gasteiger partial charge on any atom is -0.397 e. The SMILES string of the molecule is CC(C#N)CN(C)C(=O)c1sc2ncccc2c1N. The van der Waals surface area contributed by atoms with Crippen LogP contribution in [0.15, 0.2) is 18.3 Å². The molecule has 0 aliphatic heterocycles. The fraction of sp³-hybridized carbons (Fsp3) is 0.308. The molecule has 0 radical (unpaired) electrons. The van der Waals surface area contributed by atoms with E-state index in [9.17, 15) is 4.79 Å². The Kier molecular flexibility index (Phi) is 3.67. The quantitative estimate of drug-likeness (QED) is 0.929.